The second kappa shape index (κ2) is 4.26. The van der Waals surface area contributed by atoms with E-state index in [1.165, 1.54) is 0 Å². The van der Waals surface area contributed by atoms with Crippen molar-refractivity contribution >= 4 is 11.6 Å². The standard InChI is InChI=1S/C13H18N2O/c1-9-7-11(9)13(16)15(2)12-6-4-3-5-10(12)8-14/h3-6,9,11H,7-8,14H2,1-2H3. The van der Waals surface area contributed by atoms with Crippen LogP contribution < -0.4 is 10.6 Å². The quantitative estimate of drug-likeness (QED) is 0.840. The van der Waals surface area contributed by atoms with Crippen molar-refractivity contribution in [2.24, 2.45) is 17.6 Å². The van der Waals surface area contributed by atoms with Gasteiger partial charge in [-0.25, -0.2) is 0 Å². The summed E-state index contributed by atoms with van der Waals surface area (Å²) in [5.41, 5.74) is 7.63. The lowest BCUT2D eigenvalue weighted by molar-refractivity contribution is -0.119. The molecule has 2 N–H and O–H groups in total. The first-order valence-corrected chi connectivity index (χ1v) is 5.70. The molecule has 2 atom stereocenters. The van der Waals surface area contributed by atoms with Gasteiger partial charge < -0.3 is 10.6 Å². The maximum atomic E-state index is 12.1. The van der Waals surface area contributed by atoms with Crippen molar-refractivity contribution in [2.75, 3.05) is 11.9 Å². The Balaban J connectivity index is 2.19. The van der Waals surface area contributed by atoms with Gasteiger partial charge in [0.15, 0.2) is 0 Å². The van der Waals surface area contributed by atoms with Crippen LogP contribution in [0.15, 0.2) is 24.3 Å². The minimum Gasteiger partial charge on any atom is -0.326 e. The fourth-order valence-corrected chi connectivity index (χ4v) is 2.04. The number of nitrogens with two attached hydrogens (primary N) is 1. The molecule has 3 nitrogen and oxygen atoms in total. The first-order valence-electron chi connectivity index (χ1n) is 5.70. The molecule has 0 spiro atoms. The number of anilines is 1. The zero-order valence-electron chi connectivity index (χ0n) is 9.81. The van der Waals surface area contributed by atoms with E-state index in [0.717, 1.165) is 17.7 Å². The van der Waals surface area contributed by atoms with Crippen LogP contribution in [0.4, 0.5) is 5.69 Å². The minimum atomic E-state index is 0.216. The summed E-state index contributed by atoms with van der Waals surface area (Å²) in [5, 5.41) is 0. The topological polar surface area (TPSA) is 46.3 Å². The molecule has 1 aromatic rings. The third-order valence-corrected chi connectivity index (χ3v) is 3.33. The number of nitrogens with zero attached hydrogens (tertiary/aromatic N) is 1. The Morgan fingerprint density at radius 2 is 2.12 bits per heavy atom. The predicted molar refractivity (Wildman–Crippen MR) is 65.0 cm³/mol. The summed E-state index contributed by atoms with van der Waals surface area (Å²) in [6, 6.07) is 7.81. The monoisotopic (exact) mass is 218 g/mol. The normalized spacial score (nSPS) is 22.9. The van der Waals surface area contributed by atoms with E-state index < -0.39 is 0 Å². The summed E-state index contributed by atoms with van der Waals surface area (Å²) in [6.45, 7) is 2.58. The van der Waals surface area contributed by atoms with Crippen molar-refractivity contribution in [3.63, 3.8) is 0 Å². The highest BCUT2D eigenvalue weighted by molar-refractivity contribution is 5.96. The zero-order chi connectivity index (χ0) is 11.7. The molecule has 3 heteroatoms. The van der Waals surface area contributed by atoms with E-state index in [1.807, 2.05) is 31.3 Å². The molecule has 86 valence electrons. The van der Waals surface area contributed by atoms with Gasteiger partial charge in [0.1, 0.15) is 0 Å². The van der Waals surface area contributed by atoms with Crippen LogP contribution in [0.3, 0.4) is 0 Å². The Bertz CT molecular complexity index is 403. The second-order valence-corrected chi connectivity index (χ2v) is 4.55. The van der Waals surface area contributed by atoms with Gasteiger partial charge in [0.2, 0.25) is 5.91 Å². The van der Waals surface area contributed by atoms with E-state index in [1.54, 1.807) is 4.90 Å². The molecule has 16 heavy (non-hydrogen) atoms. The molecule has 0 aromatic heterocycles. The lowest BCUT2D eigenvalue weighted by atomic mass is 10.1. The van der Waals surface area contributed by atoms with Crippen LogP contribution in [-0.2, 0) is 11.3 Å². The molecule has 1 aromatic carbocycles. The van der Waals surface area contributed by atoms with Gasteiger partial charge in [-0.15, -0.1) is 0 Å². The van der Waals surface area contributed by atoms with Crippen molar-refractivity contribution in [1.29, 1.82) is 0 Å². The molecule has 0 aliphatic heterocycles. The first kappa shape index (κ1) is 11.1. The third-order valence-electron chi connectivity index (χ3n) is 3.33. The summed E-state index contributed by atoms with van der Waals surface area (Å²) in [4.78, 5) is 13.8. The molecule has 1 aliphatic carbocycles. The SMILES string of the molecule is CC1CC1C(=O)N(C)c1ccccc1CN. The van der Waals surface area contributed by atoms with Crippen molar-refractivity contribution in [3.05, 3.63) is 29.8 Å². The van der Waals surface area contributed by atoms with Gasteiger partial charge in [0.25, 0.3) is 0 Å². The lowest BCUT2D eigenvalue weighted by Crippen LogP contribution is -2.29. The average molecular weight is 218 g/mol. The number of benzene rings is 1. The second-order valence-electron chi connectivity index (χ2n) is 4.55. The van der Waals surface area contributed by atoms with Crippen LogP contribution in [0.1, 0.15) is 18.9 Å². The minimum absolute atomic E-state index is 0.216. The summed E-state index contributed by atoms with van der Waals surface area (Å²) in [7, 11) is 1.84. The molecule has 1 aliphatic rings. The van der Waals surface area contributed by atoms with Gasteiger partial charge in [-0.2, -0.15) is 0 Å². The Kier molecular flexibility index (Phi) is 2.97. The van der Waals surface area contributed by atoms with Gasteiger partial charge in [-0.1, -0.05) is 25.1 Å². The van der Waals surface area contributed by atoms with Crippen LogP contribution in [0.5, 0.6) is 0 Å². The average Bonchev–Trinajstić information content (AvgIpc) is 3.04. The number of hydrogen-bond donors (Lipinski definition) is 1. The van der Waals surface area contributed by atoms with Gasteiger partial charge in [0.05, 0.1) is 0 Å². The molecule has 1 fully saturated rings. The fourth-order valence-electron chi connectivity index (χ4n) is 2.04. The summed E-state index contributed by atoms with van der Waals surface area (Å²) < 4.78 is 0. The van der Waals surface area contributed by atoms with Crippen molar-refractivity contribution < 1.29 is 4.79 Å². The molecule has 1 saturated carbocycles. The Hall–Kier alpha value is -1.35. The lowest BCUT2D eigenvalue weighted by Gasteiger charge is -2.20. The molecule has 0 saturated heterocycles. The van der Waals surface area contributed by atoms with Crippen LogP contribution in [-0.4, -0.2) is 13.0 Å². The molecule has 0 heterocycles. The van der Waals surface area contributed by atoms with Crippen molar-refractivity contribution in [1.82, 2.24) is 0 Å². The smallest absolute Gasteiger partial charge is 0.230 e. The fraction of sp³-hybridized carbons (Fsp3) is 0.462. The predicted octanol–water partition coefficient (Wildman–Crippen LogP) is 1.76. The molecule has 1 amide bonds. The van der Waals surface area contributed by atoms with E-state index in [4.69, 9.17) is 5.73 Å². The van der Waals surface area contributed by atoms with Gasteiger partial charge >= 0.3 is 0 Å². The molecule has 0 bridgehead atoms. The highest BCUT2D eigenvalue weighted by Gasteiger charge is 2.41. The van der Waals surface area contributed by atoms with Crippen LogP contribution in [0.2, 0.25) is 0 Å². The maximum Gasteiger partial charge on any atom is 0.230 e. The summed E-state index contributed by atoms with van der Waals surface area (Å²) in [5.74, 6) is 0.976. The molecular formula is C13H18N2O. The van der Waals surface area contributed by atoms with E-state index >= 15 is 0 Å². The summed E-state index contributed by atoms with van der Waals surface area (Å²) >= 11 is 0. The third kappa shape index (κ3) is 1.95. The van der Waals surface area contributed by atoms with Gasteiger partial charge in [-0.3, -0.25) is 4.79 Å². The van der Waals surface area contributed by atoms with Crippen LogP contribution in [0, 0.1) is 11.8 Å². The number of amides is 1. The maximum absolute atomic E-state index is 12.1. The Morgan fingerprint density at radius 1 is 1.50 bits per heavy atom. The number of carbonyl (C=O) groups excluding carboxylic acids is 1. The van der Waals surface area contributed by atoms with Gasteiger partial charge in [0, 0.05) is 25.2 Å². The molecular weight excluding hydrogens is 200 g/mol. The largest absolute Gasteiger partial charge is 0.326 e. The zero-order valence-corrected chi connectivity index (χ0v) is 9.81. The van der Waals surface area contributed by atoms with E-state index in [2.05, 4.69) is 6.92 Å². The summed E-state index contributed by atoms with van der Waals surface area (Å²) in [6.07, 6.45) is 1.02. The molecule has 2 unspecified atom stereocenters. The van der Waals surface area contributed by atoms with Crippen LogP contribution in [0.25, 0.3) is 0 Å². The van der Waals surface area contributed by atoms with Gasteiger partial charge in [-0.05, 0) is 24.0 Å². The van der Waals surface area contributed by atoms with E-state index in [0.29, 0.717) is 12.5 Å². The molecule has 2 rings (SSSR count). The van der Waals surface area contributed by atoms with E-state index in [9.17, 15) is 4.79 Å². The number of hydrogen-bond acceptors (Lipinski definition) is 2. The highest BCUT2D eigenvalue weighted by atomic mass is 16.2. The van der Waals surface area contributed by atoms with Crippen molar-refractivity contribution in [2.45, 2.75) is 19.9 Å². The number of para-hydroxylation sites is 1. The first-order chi connectivity index (χ1) is 7.65. The Morgan fingerprint density at radius 3 is 2.69 bits per heavy atom. The number of rotatable bonds is 3. The Labute approximate surface area is 96.2 Å². The van der Waals surface area contributed by atoms with Crippen LogP contribution >= 0.6 is 0 Å². The highest BCUT2D eigenvalue weighted by Crippen LogP contribution is 2.39. The van der Waals surface area contributed by atoms with Crippen molar-refractivity contribution in [3.8, 4) is 0 Å². The van der Waals surface area contributed by atoms with E-state index in [-0.39, 0.29) is 11.8 Å². The number of carbonyl (C=O) groups is 1. The molecule has 0 radical (unpaired) electrons.